The fourth-order valence-electron chi connectivity index (χ4n) is 0.958. The number of aromatic hydroxyl groups is 1. The number of aryl methyl sites for hydroxylation is 1. The molecule has 0 radical (unpaired) electrons. The SMILES string of the molecule is CCc1cc(O)c([N+](=O)[O-])c(=O)[nH]1. The first-order valence-electron chi connectivity index (χ1n) is 3.65. The molecule has 2 N–H and O–H groups in total. The van der Waals surface area contributed by atoms with Crippen LogP contribution in [0, 0.1) is 10.1 Å². The third-order valence-electron chi connectivity index (χ3n) is 1.61. The van der Waals surface area contributed by atoms with Crippen LogP contribution in [0.15, 0.2) is 10.9 Å². The fourth-order valence-corrected chi connectivity index (χ4v) is 0.958. The number of aromatic nitrogens is 1. The van der Waals surface area contributed by atoms with Crippen molar-refractivity contribution in [2.24, 2.45) is 0 Å². The van der Waals surface area contributed by atoms with Gasteiger partial charge >= 0.3 is 11.2 Å². The summed E-state index contributed by atoms with van der Waals surface area (Å²) in [6, 6.07) is 1.18. The molecule has 1 aromatic rings. The Labute approximate surface area is 73.0 Å². The van der Waals surface area contributed by atoms with Gasteiger partial charge in [-0.25, -0.2) is 0 Å². The van der Waals surface area contributed by atoms with Gasteiger partial charge in [0.1, 0.15) is 0 Å². The summed E-state index contributed by atoms with van der Waals surface area (Å²) in [6.45, 7) is 1.76. The molecule has 0 aromatic carbocycles. The van der Waals surface area contributed by atoms with Crippen molar-refractivity contribution >= 4 is 5.69 Å². The minimum Gasteiger partial charge on any atom is -0.502 e. The molecule has 0 aliphatic carbocycles. The largest absolute Gasteiger partial charge is 0.502 e. The normalized spacial score (nSPS) is 9.92. The lowest BCUT2D eigenvalue weighted by atomic mass is 10.2. The van der Waals surface area contributed by atoms with Crippen LogP contribution in [0.3, 0.4) is 0 Å². The second kappa shape index (κ2) is 3.26. The molecule has 1 aromatic heterocycles. The fraction of sp³-hybridized carbons (Fsp3) is 0.286. The lowest BCUT2D eigenvalue weighted by Gasteiger charge is -1.98. The second-order valence-electron chi connectivity index (χ2n) is 2.47. The number of hydrogen-bond donors (Lipinski definition) is 2. The lowest BCUT2D eigenvalue weighted by Crippen LogP contribution is -2.13. The predicted molar refractivity (Wildman–Crippen MR) is 44.8 cm³/mol. The summed E-state index contributed by atoms with van der Waals surface area (Å²) < 4.78 is 0. The first-order valence-corrected chi connectivity index (χ1v) is 3.65. The van der Waals surface area contributed by atoms with Gasteiger partial charge in [0.2, 0.25) is 5.75 Å². The van der Waals surface area contributed by atoms with Crippen LogP contribution < -0.4 is 5.56 Å². The Morgan fingerprint density at radius 2 is 2.31 bits per heavy atom. The molecule has 13 heavy (non-hydrogen) atoms. The summed E-state index contributed by atoms with van der Waals surface area (Å²) >= 11 is 0. The number of hydrogen-bond acceptors (Lipinski definition) is 4. The zero-order valence-corrected chi connectivity index (χ0v) is 6.90. The molecule has 0 fully saturated rings. The monoisotopic (exact) mass is 184 g/mol. The number of nitrogens with zero attached hydrogens (tertiary/aromatic N) is 1. The molecule has 0 bridgehead atoms. The molecule has 70 valence electrons. The highest BCUT2D eigenvalue weighted by atomic mass is 16.6. The Kier molecular flexibility index (Phi) is 2.32. The van der Waals surface area contributed by atoms with Gasteiger partial charge in [0.25, 0.3) is 0 Å². The first kappa shape index (κ1) is 9.24. The van der Waals surface area contributed by atoms with Crippen LogP contribution in [0.1, 0.15) is 12.6 Å². The predicted octanol–water partition coefficient (Wildman–Crippen LogP) is 0.551. The zero-order valence-electron chi connectivity index (χ0n) is 6.90. The summed E-state index contributed by atoms with van der Waals surface area (Å²) in [5, 5.41) is 19.4. The van der Waals surface area contributed by atoms with Crippen molar-refractivity contribution in [2.75, 3.05) is 0 Å². The van der Waals surface area contributed by atoms with E-state index in [9.17, 15) is 14.9 Å². The van der Waals surface area contributed by atoms with Gasteiger partial charge in [-0.1, -0.05) is 6.92 Å². The van der Waals surface area contributed by atoms with Crippen LogP contribution >= 0.6 is 0 Å². The Balaban J connectivity index is 3.40. The van der Waals surface area contributed by atoms with E-state index >= 15 is 0 Å². The topological polar surface area (TPSA) is 96.2 Å². The first-order chi connectivity index (χ1) is 6.06. The number of nitro groups is 1. The van der Waals surface area contributed by atoms with Crippen molar-refractivity contribution in [2.45, 2.75) is 13.3 Å². The van der Waals surface area contributed by atoms with Gasteiger partial charge in [0.15, 0.2) is 0 Å². The van der Waals surface area contributed by atoms with Crippen LogP contribution in [0.4, 0.5) is 5.69 Å². The molecule has 0 saturated carbocycles. The van der Waals surface area contributed by atoms with E-state index in [4.69, 9.17) is 5.11 Å². The molecular formula is C7H8N2O4. The summed E-state index contributed by atoms with van der Waals surface area (Å²) in [5.74, 6) is -0.592. The maximum atomic E-state index is 11.0. The van der Waals surface area contributed by atoms with Crippen molar-refractivity contribution in [3.05, 3.63) is 32.2 Å². The standard InChI is InChI=1S/C7H8N2O4/c1-2-4-3-5(10)6(9(12)13)7(11)8-4/h3H,2H2,1H3,(H2,8,10,11). The molecule has 6 heteroatoms. The number of nitrogens with one attached hydrogen (secondary N) is 1. The zero-order chi connectivity index (χ0) is 10.0. The van der Waals surface area contributed by atoms with E-state index in [0.717, 1.165) is 0 Å². The van der Waals surface area contributed by atoms with E-state index in [0.29, 0.717) is 12.1 Å². The highest BCUT2D eigenvalue weighted by Gasteiger charge is 2.19. The molecule has 1 rings (SSSR count). The lowest BCUT2D eigenvalue weighted by molar-refractivity contribution is -0.387. The van der Waals surface area contributed by atoms with E-state index in [2.05, 4.69) is 4.98 Å². The smallest absolute Gasteiger partial charge is 0.375 e. The highest BCUT2D eigenvalue weighted by molar-refractivity contribution is 5.43. The van der Waals surface area contributed by atoms with Gasteiger partial charge in [0.05, 0.1) is 4.92 Å². The van der Waals surface area contributed by atoms with Crippen LogP contribution in [0.25, 0.3) is 0 Å². The van der Waals surface area contributed by atoms with Crippen molar-refractivity contribution in [3.63, 3.8) is 0 Å². The molecule has 0 unspecified atom stereocenters. The Bertz CT molecular complexity index is 396. The molecule has 0 aliphatic rings. The quantitative estimate of drug-likeness (QED) is 0.518. The molecule has 0 saturated heterocycles. The van der Waals surface area contributed by atoms with Gasteiger partial charge in [-0.15, -0.1) is 0 Å². The number of pyridine rings is 1. The maximum absolute atomic E-state index is 11.0. The summed E-state index contributed by atoms with van der Waals surface area (Å²) in [4.78, 5) is 22.7. The molecule has 1 heterocycles. The summed E-state index contributed by atoms with van der Waals surface area (Å²) in [5.41, 5.74) is -1.22. The minimum absolute atomic E-state index is 0.466. The van der Waals surface area contributed by atoms with Crippen molar-refractivity contribution in [1.82, 2.24) is 4.98 Å². The number of aromatic amines is 1. The molecule has 0 aliphatic heterocycles. The molecule has 0 spiro atoms. The van der Waals surface area contributed by atoms with Gasteiger partial charge < -0.3 is 10.1 Å². The number of H-pyrrole nitrogens is 1. The van der Waals surface area contributed by atoms with E-state index in [1.165, 1.54) is 6.07 Å². The molecule has 0 amide bonds. The maximum Gasteiger partial charge on any atom is 0.375 e. The third-order valence-corrected chi connectivity index (χ3v) is 1.61. The van der Waals surface area contributed by atoms with Crippen LogP contribution in [0.2, 0.25) is 0 Å². The highest BCUT2D eigenvalue weighted by Crippen LogP contribution is 2.20. The molecule has 0 atom stereocenters. The van der Waals surface area contributed by atoms with E-state index < -0.39 is 21.9 Å². The van der Waals surface area contributed by atoms with Crippen LogP contribution in [-0.4, -0.2) is 15.0 Å². The number of rotatable bonds is 2. The van der Waals surface area contributed by atoms with E-state index in [-0.39, 0.29) is 0 Å². The second-order valence-corrected chi connectivity index (χ2v) is 2.47. The molecule has 6 nitrogen and oxygen atoms in total. The molecular weight excluding hydrogens is 176 g/mol. The summed E-state index contributed by atoms with van der Waals surface area (Å²) in [6.07, 6.45) is 0.501. The Morgan fingerprint density at radius 3 is 2.69 bits per heavy atom. The van der Waals surface area contributed by atoms with Crippen LogP contribution in [0.5, 0.6) is 5.75 Å². The van der Waals surface area contributed by atoms with Crippen LogP contribution in [-0.2, 0) is 6.42 Å². The Hall–Kier alpha value is -1.85. The van der Waals surface area contributed by atoms with Gasteiger partial charge in [-0.3, -0.25) is 14.9 Å². The van der Waals surface area contributed by atoms with Gasteiger partial charge in [0, 0.05) is 11.8 Å². The van der Waals surface area contributed by atoms with E-state index in [1.807, 2.05) is 0 Å². The average molecular weight is 184 g/mol. The average Bonchev–Trinajstić information content (AvgIpc) is 2.02. The minimum atomic E-state index is -0.909. The third kappa shape index (κ3) is 1.66. The summed E-state index contributed by atoms with van der Waals surface area (Å²) in [7, 11) is 0. The van der Waals surface area contributed by atoms with Gasteiger partial charge in [-0.05, 0) is 6.42 Å². The van der Waals surface area contributed by atoms with Crippen molar-refractivity contribution < 1.29 is 10.0 Å². The van der Waals surface area contributed by atoms with Crippen molar-refractivity contribution in [3.8, 4) is 5.75 Å². The Morgan fingerprint density at radius 1 is 1.69 bits per heavy atom. The van der Waals surface area contributed by atoms with Crippen molar-refractivity contribution in [1.29, 1.82) is 0 Å². The van der Waals surface area contributed by atoms with E-state index in [1.54, 1.807) is 6.92 Å². The van der Waals surface area contributed by atoms with Gasteiger partial charge in [-0.2, -0.15) is 0 Å².